The molecule has 1 heterocycles. The molecule has 0 amide bonds. The first-order valence-electron chi connectivity index (χ1n) is 6.71. The number of aromatic nitrogens is 2. The van der Waals surface area contributed by atoms with Gasteiger partial charge < -0.3 is 5.32 Å². The number of nitrogens with zero attached hydrogens (tertiary/aromatic N) is 2. The van der Waals surface area contributed by atoms with Gasteiger partial charge >= 0.3 is 6.18 Å². The van der Waals surface area contributed by atoms with Gasteiger partial charge in [-0.2, -0.15) is 13.2 Å². The molecule has 1 aromatic heterocycles. The lowest BCUT2D eigenvalue weighted by atomic mass is 9.94. The van der Waals surface area contributed by atoms with E-state index in [-0.39, 0.29) is 0 Å². The van der Waals surface area contributed by atoms with Crippen molar-refractivity contribution in [2.45, 2.75) is 31.4 Å². The maximum absolute atomic E-state index is 13.5. The summed E-state index contributed by atoms with van der Waals surface area (Å²) in [5, 5.41) is 12.3. The zero-order valence-electron chi connectivity index (χ0n) is 11.7. The van der Waals surface area contributed by atoms with E-state index in [1.807, 2.05) is 6.92 Å². The monoisotopic (exact) mass is 331 g/mol. The minimum Gasteiger partial charge on any atom is -0.359 e. The number of hydrogen-bond donors (Lipinski definition) is 1. The standard InChI is InChI=1S/C14H13F4N3S/c1-8-20-21-12(22-8)19-7-13(2-3-13)9-4-10(14(16,17)18)6-11(15)5-9/h4-6H,2-3,7H2,1H3,(H,19,21). The van der Waals surface area contributed by atoms with Crippen LogP contribution < -0.4 is 5.32 Å². The number of nitrogens with one attached hydrogen (secondary N) is 1. The molecule has 1 fully saturated rings. The Morgan fingerprint density at radius 1 is 1.23 bits per heavy atom. The molecular formula is C14H13F4N3S. The van der Waals surface area contributed by atoms with Crippen LogP contribution in [0, 0.1) is 12.7 Å². The van der Waals surface area contributed by atoms with E-state index >= 15 is 0 Å². The second-order valence-corrected chi connectivity index (χ2v) is 6.67. The summed E-state index contributed by atoms with van der Waals surface area (Å²) in [6.45, 7) is 2.24. The third-order valence-corrected chi connectivity index (χ3v) is 4.59. The first kappa shape index (κ1) is 15.2. The van der Waals surface area contributed by atoms with Crippen molar-refractivity contribution in [2.75, 3.05) is 11.9 Å². The molecule has 2 aromatic rings. The molecule has 0 spiro atoms. The Labute approximate surface area is 128 Å². The van der Waals surface area contributed by atoms with Crippen LogP contribution in [0.3, 0.4) is 0 Å². The van der Waals surface area contributed by atoms with Crippen molar-refractivity contribution in [2.24, 2.45) is 0 Å². The Morgan fingerprint density at radius 3 is 2.50 bits per heavy atom. The Balaban J connectivity index is 1.82. The molecule has 0 radical (unpaired) electrons. The van der Waals surface area contributed by atoms with E-state index in [2.05, 4.69) is 15.5 Å². The largest absolute Gasteiger partial charge is 0.416 e. The number of anilines is 1. The van der Waals surface area contributed by atoms with Gasteiger partial charge in [-0.1, -0.05) is 11.3 Å². The number of benzene rings is 1. The van der Waals surface area contributed by atoms with Crippen molar-refractivity contribution in [1.82, 2.24) is 10.2 Å². The van der Waals surface area contributed by atoms with Gasteiger partial charge in [-0.05, 0) is 43.5 Å². The van der Waals surface area contributed by atoms with Gasteiger partial charge in [0.2, 0.25) is 5.13 Å². The molecule has 0 unspecified atom stereocenters. The van der Waals surface area contributed by atoms with Crippen molar-refractivity contribution in [3.05, 3.63) is 40.2 Å². The molecule has 1 aliphatic carbocycles. The summed E-state index contributed by atoms with van der Waals surface area (Å²) >= 11 is 1.37. The summed E-state index contributed by atoms with van der Waals surface area (Å²) < 4.78 is 52.0. The minimum absolute atomic E-state index is 0.383. The highest BCUT2D eigenvalue weighted by Crippen LogP contribution is 2.49. The molecule has 22 heavy (non-hydrogen) atoms. The van der Waals surface area contributed by atoms with Gasteiger partial charge in [0, 0.05) is 12.0 Å². The summed E-state index contributed by atoms with van der Waals surface area (Å²) in [5.41, 5.74) is -1.02. The Bertz CT molecular complexity index is 692. The van der Waals surface area contributed by atoms with Crippen molar-refractivity contribution in [1.29, 1.82) is 0 Å². The highest BCUT2D eigenvalue weighted by Gasteiger charge is 2.45. The van der Waals surface area contributed by atoms with Gasteiger partial charge in [-0.3, -0.25) is 0 Å². The van der Waals surface area contributed by atoms with E-state index < -0.39 is 23.0 Å². The number of aryl methyl sites for hydroxylation is 1. The molecule has 0 saturated heterocycles. The third-order valence-electron chi connectivity index (χ3n) is 3.80. The molecule has 1 aliphatic rings. The molecule has 0 atom stereocenters. The zero-order valence-corrected chi connectivity index (χ0v) is 12.5. The number of alkyl halides is 3. The molecule has 8 heteroatoms. The smallest absolute Gasteiger partial charge is 0.359 e. The quantitative estimate of drug-likeness (QED) is 0.856. The van der Waals surface area contributed by atoms with Crippen LogP contribution in [0.4, 0.5) is 22.7 Å². The van der Waals surface area contributed by atoms with Crippen molar-refractivity contribution in [3.63, 3.8) is 0 Å². The van der Waals surface area contributed by atoms with Crippen molar-refractivity contribution < 1.29 is 17.6 Å². The molecule has 0 aliphatic heterocycles. The SMILES string of the molecule is Cc1nnc(NCC2(c3cc(F)cc(C(F)(F)F)c3)CC2)s1. The van der Waals surface area contributed by atoms with Gasteiger partial charge in [0.05, 0.1) is 5.56 Å². The topological polar surface area (TPSA) is 37.8 Å². The Hall–Kier alpha value is -1.70. The lowest BCUT2D eigenvalue weighted by Gasteiger charge is -2.18. The lowest BCUT2D eigenvalue weighted by Crippen LogP contribution is -2.20. The van der Waals surface area contributed by atoms with E-state index in [0.717, 1.165) is 23.9 Å². The summed E-state index contributed by atoms with van der Waals surface area (Å²) in [6.07, 6.45) is -3.10. The number of hydrogen-bond acceptors (Lipinski definition) is 4. The first-order valence-corrected chi connectivity index (χ1v) is 7.52. The van der Waals surface area contributed by atoms with Crippen LogP contribution >= 0.6 is 11.3 Å². The first-order chi connectivity index (χ1) is 10.3. The van der Waals surface area contributed by atoms with E-state index in [1.54, 1.807) is 0 Å². The maximum atomic E-state index is 13.5. The molecule has 118 valence electrons. The van der Waals surface area contributed by atoms with Crippen LogP contribution in [-0.4, -0.2) is 16.7 Å². The fraction of sp³-hybridized carbons (Fsp3) is 0.429. The lowest BCUT2D eigenvalue weighted by molar-refractivity contribution is -0.137. The third kappa shape index (κ3) is 3.06. The normalized spacial score (nSPS) is 16.6. The zero-order chi connectivity index (χ0) is 16.0. The van der Waals surface area contributed by atoms with Gasteiger partial charge in [0.15, 0.2) is 0 Å². The summed E-state index contributed by atoms with van der Waals surface area (Å²) in [4.78, 5) is 0. The van der Waals surface area contributed by atoms with E-state index in [1.165, 1.54) is 17.4 Å². The molecule has 0 bridgehead atoms. The molecule has 3 rings (SSSR count). The van der Waals surface area contributed by atoms with Gasteiger partial charge in [0.1, 0.15) is 10.8 Å². The molecule has 1 N–H and O–H groups in total. The van der Waals surface area contributed by atoms with Crippen LogP contribution in [0.1, 0.15) is 29.0 Å². The van der Waals surface area contributed by atoms with Crippen LogP contribution in [0.25, 0.3) is 0 Å². The number of rotatable bonds is 4. The van der Waals surface area contributed by atoms with E-state index in [9.17, 15) is 17.6 Å². The average Bonchev–Trinajstić information content (AvgIpc) is 3.11. The van der Waals surface area contributed by atoms with E-state index in [4.69, 9.17) is 0 Å². The van der Waals surface area contributed by atoms with Crippen LogP contribution in [0.5, 0.6) is 0 Å². The molecule has 1 aromatic carbocycles. The average molecular weight is 331 g/mol. The van der Waals surface area contributed by atoms with Crippen molar-refractivity contribution >= 4 is 16.5 Å². The second kappa shape index (κ2) is 5.19. The van der Waals surface area contributed by atoms with Crippen molar-refractivity contribution in [3.8, 4) is 0 Å². The van der Waals surface area contributed by atoms with Crippen LogP contribution in [-0.2, 0) is 11.6 Å². The predicted octanol–water partition coefficient (Wildman–Crippen LogP) is 4.15. The summed E-state index contributed by atoms with van der Waals surface area (Å²) in [5.74, 6) is -0.858. The fourth-order valence-electron chi connectivity index (χ4n) is 2.39. The fourth-order valence-corrected chi connectivity index (χ4v) is 2.98. The van der Waals surface area contributed by atoms with Gasteiger partial charge in [-0.15, -0.1) is 10.2 Å². The molecule has 3 nitrogen and oxygen atoms in total. The second-order valence-electron chi connectivity index (χ2n) is 5.49. The molecular weight excluding hydrogens is 318 g/mol. The summed E-state index contributed by atoms with van der Waals surface area (Å²) in [6, 6.07) is 2.76. The minimum atomic E-state index is -4.54. The van der Waals surface area contributed by atoms with E-state index in [0.29, 0.717) is 23.3 Å². The predicted molar refractivity (Wildman–Crippen MR) is 75.4 cm³/mol. The highest BCUT2D eigenvalue weighted by atomic mass is 32.1. The highest BCUT2D eigenvalue weighted by molar-refractivity contribution is 7.15. The molecule has 1 saturated carbocycles. The number of halogens is 4. The Morgan fingerprint density at radius 2 is 1.95 bits per heavy atom. The van der Waals surface area contributed by atoms with Gasteiger partial charge in [-0.25, -0.2) is 4.39 Å². The van der Waals surface area contributed by atoms with Crippen LogP contribution in [0.2, 0.25) is 0 Å². The Kier molecular flexibility index (Phi) is 3.58. The maximum Gasteiger partial charge on any atom is 0.416 e. The summed E-state index contributed by atoms with van der Waals surface area (Å²) in [7, 11) is 0. The van der Waals surface area contributed by atoms with Crippen LogP contribution in [0.15, 0.2) is 18.2 Å². The van der Waals surface area contributed by atoms with Gasteiger partial charge in [0.25, 0.3) is 0 Å².